The molecule has 1 aliphatic heterocycles. The number of ether oxygens (including phenoxy) is 1. The van der Waals surface area contributed by atoms with Gasteiger partial charge in [-0.05, 0) is 60.2 Å². The summed E-state index contributed by atoms with van der Waals surface area (Å²) in [5, 5.41) is 2.03. The van der Waals surface area contributed by atoms with E-state index in [1.54, 1.807) is 6.92 Å². The molecule has 2 aromatic heterocycles. The molecule has 8 heteroatoms. The molecular weight excluding hydrogens is 474 g/mol. The van der Waals surface area contributed by atoms with Crippen LogP contribution in [0.2, 0.25) is 0 Å². The monoisotopic (exact) mass is 505 g/mol. The van der Waals surface area contributed by atoms with Crippen molar-refractivity contribution < 1.29 is 17.9 Å². The quantitative estimate of drug-likeness (QED) is 0.418. The van der Waals surface area contributed by atoms with Crippen molar-refractivity contribution in [1.29, 1.82) is 0 Å². The number of pyridine rings is 1. The topological polar surface area (TPSA) is 92.4 Å². The van der Waals surface area contributed by atoms with Crippen molar-refractivity contribution in [1.82, 2.24) is 14.9 Å². The van der Waals surface area contributed by atoms with E-state index in [4.69, 9.17) is 4.74 Å². The first kappa shape index (κ1) is 24.5. The summed E-state index contributed by atoms with van der Waals surface area (Å²) in [5.74, 6) is 0.250. The number of benzene rings is 2. The Bertz CT molecular complexity index is 1570. The molecule has 5 rings (SSSR count). The van der Waals surface area contributed by atoms with Gasteiger partial charge in [0.2, 0.25) is 0 Å². The van der Waals surface area contributed by atoms with Crippen molar-refractivity contribution in [3.05, 3.63) is 64.8 Å². The van der Waals surface area contributed by atoms with Gasteiger partial charge in [0.1, 0.15) is 15.5 Å². The van der Waals surface area contributed by atoms with Crippen molar-refractivity contribution in [3.63, 3.8) is 0 Å². The maximum absolute atomic E-state index is 13.6. The van der Waals surface area contributed by atoms with Gasteiger partial charge in [0, 0.05) is 41.4 Å². The number of H-pyrrole nitrogens is 1. The minimum absolute atomic E-state index is 0.00746. The Balaban J connectivity index is 1.69. The van der Waals surface area contributed by atoms with Crippen molar-refractivity contribution in [2.24, 2.45) is 0 Å². The minimum atomic E-state index is -3.06. The maximum atomic E-state index is 13.6. The average Bonchev–Trinajstić information content (AvgIpc) is 3.27. The molecule has 7 nitrogen and oxygen atoms in total. The van der Waals surface area contributed by atoms with E-state index in [2.05, 4.69) is 16.0 Å². The number of amides is 1. The largest absolute Gasteiger partial charge is 0.378 e. The number of rotatable bonds is 6. The Kier molecular flexibility index (Phi) is 6.57. The van der Waals surface area contributed by atoms with Gasteiger partial charge in [-0.25, -0.2) is 13.4 Å². The number of fused-ring (bicyclic) bond motifs is 3. The lowest BCUT2D eigenvalue weighted by Gasteiger charge is -2.27. The number of aromatic nitrogens is 2. The number of aromatic amines is 1. The van der Waals surface area contributed by atoms with E-state index in [1.807, 2.05) is 55.3 Å². The third-order valence-electron chi connectivity index (χ3n) is 7.03. The van der Waals surface area contributed by atoms with Gasteiger partial charge in [-0.3, -0.25) is 4.79 Å². The standard InChI is InChI=1S/C28H31N3O4S/c1-4-36(33,34)13-8-20-6-5-7-21(15-20)23-16-22(28(32)31-9-11-35-12-10-31)19(3)26-25(23)24-14-18(2)17-29-27(24)30-26/h5-7,14-17H,4,8-13H2,1-3H3,(H,29,30). The Morgan fingerprint density at radius 2 is 1.92 bits per heavy atom. The summed E-state index contributed by atoms with van der Waals surface area (Å²) < 4.78 is 29.6. The van der Waals surface area contributed by atoms with Crippen molar-refractivity contribution in [2.45, 2.75) is 27.2 Å². The molecule has 4 aromatic rings. The molecule has 1 amide bonds. The number of aryl methyl sites for hydroxylation is 3. The lowest BCUT2D eigenvalue weighted by Crippen LogP contribution is -2.41. The van der Waals surface area contributed by atoms with E-state index in [0.29, 0.717) is 38.3 Å². The van der Waals surface area contributed by atoms with Crippen LogP contribution in [0, 0.1) is 13.8 Å². The third-order valence-corrected chi connectivity index (χ3v) is 8.74. The summed E-state index contributed by atoms with van der Waals surface area (Å²) in [6.45, 7) is 7.89. The number of hydrogen-bond donors (Lipinski definition) is 1. The van der Waals surface area contributed by atoms with Gasteiger partial charge in [-0.15, -0.1) is 0 Å². The first-order valence-electron chi connectivity index (χ1n) is 12.4. The molecule has 0 atom stereocenters. The zero-order valence-electron chi connectivity index (χ0n) is 20.9. The number of morpholine rings is 1. The predicted molar refractivity (Wildman–Crippen MR) is 143 cm³/mol. The van der Waals surface area contributed by atoms with Crippen LogP contribution in [0.5, 0.6) is 0 Å². The Morgan fingerprint density at radius 3 is 2.67 bits per heavy atom. The number of nitrogens with one attached hydrogen (secondary N) is 1. The highest BCUT2D eigenvalue weighted by Crippen LogP contribution is 2.38. The second kappa shape index (κ2) is 9.67. The third kappa shape index (κ3) is 4.63. The highest BCUT2D eigenvalue weighted by molar-refractivity contribution is 7.91. The lowest BCUT2D eigenvalue weighted by molar-refractivity contribution is 0.0302. The first-order valence-corrected chi connectivity index (χ1v) is 14.2. The van der Waals surface area contributed by atoms with E-state index in [9.17, 15) is 13.2 Å². The van der Waals surface area contributed by atoms with Crippen LogP contribution in [0.1, 0.15) is 34.0 Å². The molecule has 188 valence electrons. The van der Waals surface area contributed by atoms with Gasteiger partial charge < -0.3 is 14.6 Å². The zero-order valence-corrected chi connectivity index (χ0v) is 21.7. The van der Waals surface area contributed by atoms with Gasteiger partial charge >= 0.3 is 0 Å². The highest BCUT2D eigenvalue weighted by Gasteiger charge is 2.24. The molecule has 2 aromatic carbocycles. The number of carbonyl (C=O) groups excluding carboxylic acids is 1. The zero-order chi connectivity index (χ0) is 25.4. The van der Waals surface area contributed by atoms with Crippen molar-refractivity contribution >= 4 is 37.7 Å². The highest BCUT2D eigenvalue weighted by atomic mass is 32.2. The molecule has 0 aliphatic carbocycles. The smallest absolute Gasteiger partial charge is 0.254 e. The van der Waals surface area contributed by atoms with Gasteiger partial charge in [-0.1, -0.05) is 31.2 Å². The molecule has 1 saturated heterocycles. The second-order valence-corrected chi connectivity index (χ2v) is 11.9. The second-order valence-electron chi connectivity index (χ2n) is 9.47. The Hall–Kier alpha value is -3.23. The van der Waals surface area contributed by atoms with Crippen LogP contribution in [0.15, 0.2) is 42.6 Å². The van der Waals surface area contributed by atoms with Crippen LogP contribution >= 0.6 is 0 Å². The molecule has 36 heavy (non-hydrogen) atoms. The minimum Gasteiger partial charge on any atom is -0.378 e. The van der Waals surface area contributed by atoms with Crippen molar-refractivity contribution in [3.8, 4) is 11.1 Å². The van der Waals surface area contributed by atoms with E-state index in [-0.39, 0.29) is 17.4 Å². The molecule has 1 N–H and O–H groups in total. The number of carbonyl (C=O) groups is 1. The molecule has 3 heterocycles. The molecule has 0 unspecified atom stereocenters. The van der Waals surface area contributed by atoms with E-state index < -0.39 is 9.84 Å². The van der Waals surface area contributed by atoms with Crippen LogP contribution in [0.25, 0.3) is 33.1 Å². The molecule has 0 saturated carbocycles. The summed E-state index contributed by atoms with van der Waals surface area (Å²) in [5.41, 5.74) is 7.12. The van der Waals surface area contributed by atoms with Crippen LogP contribution in [-0.4, -0.2) is 67.0 Å². The van der Waals surface area contributed by atoms with E-state index in [1.165, 1.54) is 0 Å². The fourth-order valence-electron chi connectivity index (χ4n) is 4.89. The van der Waals surface area contributed by atoms with Crippen molar-refractivity contribution in [2.75, 3.05) is 37.8 Å². The average molecular weight is 506 g/mol. The summed E-state index contributed by atoms with van der Waals surface area (Å²) in [6.07, 6.45) is 2.29. The summed E-state index contributed by atoms with van der Waals surface area (Å²) in [6, 6.07) is 12.1. The predicted octanol–water partition coefficient (Wildman–Crippen LogP) is 4.45. The number of hydrogen-bond acceptors (Lipinski definition) is 5. The lowest BCUT2D eigenvalue weighted by atomic mass is 9.92. The van der Waals surface area contributed by atoms with E-state index in [0.717, 1.165) is 49.8 Å². The Labute approximate surface area is 211 Å². The fraction of sp³-hybridized carbons (Fsp3) is 0.357. The molecule has 1 aliphatic rings. The van der Waals surface area contributed by atoms with Crippen LogP contribution in [0.4, 0.5) is 0 Å². The molecule has 0 radical (unpaired) electrons. The van der Waals surface area contributed by atoms with Gasteiger partial charge in [0.05, 0.1) is 24.5 Å². The Morgan fingerprint density at radius 1 is 1.14 bits per heavy atom. The van der Waals surface area contributed by atoms with Gasteiger partial charge in [0.25, 0.3) is 5.91 Å². The van der Waals surface area contributed by atoms with E-state index >= 15 is 0 Å². The SMILES string of the molecule is CCS(=O)(=O)CCc1cccc(-c2cc(C(=O)N3CCOCC3)c(C)c3[nH]c4ncc(C)cc4c23)c1. The number of sulfone groups is 1. The molecule has 0 bridgehead atoms. The molecule has 1 fully saturated rings. The van der Waals surface area contributed by atoms with Crippen LogP contribution in [-0.2, 0) is 21.0 Å². The summed E-state index contributed by atoms with van der Waals surface area (Å²) in [4.78, 5) is 23.5. The number of nitrogens with zero attached hydrogens (tertiary/aromatic N) is 2. The fourth-order valence-corrected chi connectivity index (χ4v) is 5.73. The van der Waals surface area contributed by atoms with Gasteiger partial charge in [0.15, 0.2) is 0 Å². The molecular formula is C28H31N3O4S. The van der Waals surface area contributed by atoms with Crippen LogP contribution in [0.3, 0.4) is 0 Å². The molecule has 0 spiro atoms. The maximum Gasteiger partial charge on any atom is 0.254 e. The summed E-state index contributed by atoms with van der Waals surface area (Å²) in [7, 11) is -3.06. The van der Waals surface area contributed by atoms with Crippen LogP contribution < -0.4 is 0 Å². The summed E-state index contributed by atoms with van der Waals surface area (Å²) >= 11 is 0. The normalized spacial score (nSPS) is 14.6. The van der Waals surface area contributed by atoms with Gasteiger partial charge in [-0.2, -0.15) is 0 Å². The first-order chi connectivity index (χ1) is 17.3.